The van der Waals surface area contributed by atoms with Crippen molar-refractivity contribution >= 4 is 12.1 Å². The second-order valence-corrected chi connectivity index (χ2v) is 8.46. The van der Waals surface area contributed by atoms with Gasteiger partial charge in [0.05, 0.1) is 11.1 Å². The molecule has 1 aliphatic rings. The van der Waals surface area contributed by atoms with Crippen LogP contribution in [-0.2, 0) is 9.53 Å². The number of ether oxygens (including phenoxy) is 1. The van der Waals surface area contributed by atoms with E-state index in [0.717, 1.165) is 18.5 Å². The van der Waals surface area contributed by atoms with Gasteiger partial charge in [0.25, 0.3) is 0 Å². The van der Waals surface area contributed by atoms with E-state index in [4.69, 9.17) is 9.84 Å². The topological polar surface area (TPSA) is 70.1 Å². The molecule has 1 fully saturated rings. The molecule has 6 nitrogen and oxygen atoms in total. The lowest BCUT2D eigenvalue weighted by Gasteiger charge is -2.48. The van der Waals surface area contributed by atoms with Gasteiger partial charge in [-0.2, -0.15) is 0 Å². The molecule has 180 valence electrons. The van der Waals surface area contributed by atoms with Crippen LogP contribution in [0.5, 0.6) is 0 Å². The molecule has 1 heterocycles. The number of hydrogen-bond acceptors (Lipinski definition) is 4. The fraction of sp³-hybridized carbons (Fsp3) is 0.680. The molecule has 0 saturated carbocycles. The van der Waals surface area contributed by atoms with E-state index in [-0.39, 0.29) is 17.2 Å². The van der Waals surface area contributed by atoms with E-state index >= 15 is 0 Å². The molecule has 1 aliphatic heterocycles. The maximum atomic E-state index is 12.5. The monoisotopic (exact) mass is 438 g/mol. The Hall–Kier alpha value is -2.24. The van der Waals surface area contributed by atoms with Crippen LogP contribution in [0.15, 0.2) is 36.1 Å². The van der Waals surface area contributed by atoms with Crippen LogP contribution < -0.4 is 0 Å². The summed E-state index contributed by atoms with van der Waals surface area (Å²) in [5, 5.41) is 8.90. The molecule has 1 rings (SSSR count). The molecule has 1 saturated heterocycles. The highest BCUT2D eigenvalue weighted by atomic mass is 16.6. The van der Waals surface area contributed by atoms with E-state index in [1.807, 2.05) is 68.4 Å². The van der Waals surface area contributed by atoms with Crippen molar-refractivity contribution in [2.45, 2.75) is 93.2 Å². The standard InChI is InChI=1S/C21H34N2O4.2C2H6/c1-8-10-17(12-9-11-16(2)18(24)25)22-13-14-23(21(6,7)15-22)19(26)27-20(3,4)5;2*1-2/h9,11-12H,2,8,10,13-15H2,1,3-7H3,(H,24,25);2*1-2H3/b11-9-,17-12+;;. The predicted octanol–water partition coefficient (Wildman–Crippen LogP) is 6.25. The van der Waals surface area contributed by atoms with Crippen LogP contribution in [0.3, 0.4) is 0 Å². The summed E-state index contributed by atoms with van der Waals surface area (Å²) < 4.78 is 5.55. The SMILES string of the molecule is C=C(/C=C\C=C(/CCC)N1CCN(C(=O)OC(C)(C)C)C(C)(C)C1)C(=O)O.CC.CC. The Balaban J connectivity index is 0. The average molecular weight is 439 g/mol. The number of carbonyl (C=O) groups is 2. The first-order valence-corrected chi connectivity index (χ1v) is 11.4. The number of nitrogens with zero attached hydrogens (tertiary/aromatic N) is 2. The number of allylic oxidation sites excluding steroid dienone is 3. The maximum Gasteiger partial charge on any atom is 0.410 e. The molecule has 0 unspecified atom stereocenters. The molecule has 1 amide bonds. The fourth-order valence-corrected chi connectivity index (χ4v) is 3.01. The predicted molar refractivity (Wildman–Crippen MR) is 130 cm³/mol. The maximum absolute atomic E-state index is 12.5. The molecular weight excluding hydrogens is 392 g/mol. The quantitative estimate of drug-likeness (QED) is 0.392. The number of aliphatic carboxylic acids is 1. The molecule has 0 aromatic carbocycles. The molecule has 0 spiro atoms. The summed E-state index contributed by atoms with van der Waals surface area (Å²) in [6, 6.07) is 0. The second-order valence-electron chi connectivity index (χ2n) is 8.46. The lowest BCUT2D eigenvalue weighted by atomic mass is 9.98. The van der Waals surface area contributed by atoms with Gasteiger partial charge >= 0.3 is 12.1 Å². The van der Waals surface area contributed by atoms with Crippen LogP contribution in [0, 0.1) is 0 Å². The van der Waals surface area contributed by atoms with Gasteiger partial charge < -0.3 is 14.7 Å². The lowest BCUT2D eigenvalue weighted by Crippen LogP contribution is -2.61. The third-order valence-corrected chi connectivity index (χ3v) is 4.29. The van der Waals surface area contributed by atoms with Gasteiger partial charge in [0.2, 0.25) is 0 Å². The van der Waals surface area contributed by atoms with Gasteiger partial charge in [0.15, 0.2) is 0 Å². The summed E-state index contributed by atoms with van der Waals surface area (Å²) in [5.74, 6) is -1.02. The Morgan fingerprint density at radius 2 is 1.68 bits per heavy atom. The zero-order valence-electron chi connectivity index (χ0n) is 21.5. The van der Waals surface area contributed by atoms with E-state index in [1.165, 1.54) is 6.08 Å². The van der Waals surface area contributed by atoms with Crippen LogP contribution in [0.2, 0.25) is 0 Å². The van der Waals surface area contributed by atoms with Crippen molar-refractivity contribution in [2.75, 3.05) is 19.6 Å². The minimum absolute atomic E-state index is 0.0529. The number of carboxylic acid groups (broad SMARTS) is 1. The molecule has 0 aliphatic carbocycles. The van der Waals surface area contributed by atoms with Gasteiger partial charge in [-0.15, -0.1) is 0 Å². The zero-order chi connectivity index (χ0) is 24.8. The number of amides is 1. The highest BCUT2D eigenvalue weighted by molar-refractivity contribution is 5.89. The normalized spacial score (nSPS) is 16.0. The van der Waals surface area contributed by atoms with Crippen LogP contribution in [0.1, 0.15) is 82.1 Å². The van der Waals surface area contributed by atoms with Gasteiger partial charge in [0.1, 0.15) is 5.60 Å². The summed E-state index contributed by atoms with van der Waals surface area (Å²) in [6.45, 7) is 25.3. The number of hydrogen-bond donors (Lipinski definition) is 1. The summed E-state index contributed by atoms with van der Waals surface area (Å²) in [5.41, 5.74) is 0.289. The van der Waals surface area contributed by atoms with Crippen molar-refractivity contribution in [3.05, 3.63) is 36.1 Å². The van der Waals surface area contributed by atoms with Gasteiger partial charge in [-0.25, -0.2) is 9.59 Å². The number of rotatable bonds is 6. The third kappa shape index (κ3) is 11.7. The summed E-state index contributed by atoms with van der Waals surface area (Å²) in [7, 11) is 0. The number of carboxylic acids is 1. The van der Waals surface area contributed by atoms with Crippen molar-refractivity contribution in [2.24, 2.45) is 0 Å². The van der Waals surface area contributed by atoms with E-state index in [9.17, 15) is 9.59 Å². The molecule has 0 bridgehead atoms. The van der Waals surface area contributed by atoms with E-state index < -0.39 is 11.6 Å². The van der Waals surface area contributed by atoms with Crippen LogP contribution in [0.25, 0.3) is 0 Å². The van der Waals surface area contributed by atoms with Gasteiger partial charge in [-0.05, 0) is 53.2 Å². The molecule has 0 radical (unpaired) electrons. The van der Waals surface area contributed by atoms with Gasteiger partial charge in [-0.1, -0.05) is 53.7 Å². The molecule has 31 heavy (non-hydrogen) atoms. The van der Waals surface area contributed by atoms with Crippen molar-refractivity contribution in [1.29, 1.82) is 0 Å². The highest BCUT2D eigenvalue weighted by Gasteiger charge is 2.39. The minimum atomic E-state index is -1.02. The van der Waals surface area contributed by atoms with Crippen molar-refractivity contribution in [3.8, 4) is 0 Å². The van der Waals surface area contributed by atoms with E-state index in [1.54, 1.807) is 11.0 Å². The van der Waals surface area contributed by atoms with Crippen molar-refractivity contribution in [3.63, 3.8) is 0 Å². The highest BCUT2D eigenvalue weighted by Crippen LogP contribution is 2.27. The van der Waals surface area contributed by atoms with Crippen molar-refractivity contribution in [1.82, 2.24) is 9.80 Å². The average Bonchev–Trinajstić information content (AvgIpc) is 2.67. The second kappa shape index (κ2) is 14.7. The summed E-state index contributed by atoms with van der Waals surface area (Å²) >= 11 is 0. The van der Waals surface area contributed by atoms with Gasteiger partial charge in [-0.3, -0.25) is 4.90 Å². The third-order valence-electron chi connectivity index (χ3n) is 4.29. The van der Waals surface area contributed by atoms with Crippen LogP contribution in [-0.4, -0.2) is 57.7 Å². The lowest BCUT2D eigenvalue weighted by molar-refractivity contribution is -0.132. The smallest absolute Gasteiger partial charge is 0.410 e. The molecule has 0 atom stereocenters. The fourth-order valence-electron chi connectivity index (χ4n) is 3.01. The number of carbonyl (C=O) groups excluding carboxylic acids is 1. The van der Waals surface area contributed by atoms with Gasteiger partial charge in [0, 0.05) is 25.3 Å². The first kappa shape index (κ1) is 30.9. The molecular formula is C25H46N2O4. The van der Waals surface area contributed by atoms with Crippen LogP contribution in [0.4, 0.5) is 4.79 Å². The molecule has 6 heteroatoms. The largest absolute Gasteiger partial charge is 0.478 e. The van der Waals surface area contributed by atoms with E-state index in [2.05, 4.69) is 18.4 Å². The molecule has 1 N–H and O–H groups in total. The Morgan fingerprint density at radius 3 is 2.10 bits per heavy atom. The zero-order valence-corrected chi connectivity index (χ0v) is 21.5. The first-order chi connectivity index (χ1) is 14.4. The van der Waals surface area contributed by atoms with E-state index in [0.29, 0.717) is 19.6 Å². The summed E-state index contributed by atoms with van der Waals surface area (Å²) in [6.07, 6.45) is 6.75. The molecule has 0 aromatic rings. The Kier molecular flexibility index (Phi) is 14.7. The van der Waals surface area contributed by atoms with Crippen LogP contribution >= 0.6 is 0 Å². The number of piperazine rings is 1. The van der Waals surface area contributed by atoms with Crippen molar-refractivity contribution < 1.29 is 19.4 Å². The minimum Gasteiger partial charge on any atom is -0.478 e. The Labute approximate surface area is 190 Å². The Morgan fingerprint density at radius 1 is 1.13 bits per heavy atom. The first-order valence-electron chi connectivity index (χ1n) is 11.4. The summed E-state index contributed by atoms with van der Waals surface area (Å²) in [4.78, 5) is 27.4. The molecule has 0 aromatic heterocycles. The Bertz CT molecular complexity index is 628.